The lowest BCUT2D eigenvalue weighted by atomic mass is 10.1. The number of carboxylic acid groups (broad SMARTS) is 4. The minimum Gasteiger partial charge on any atom is -0.478 e. The monoisotopic (exact) mass is 588 g/mol. The zero-order valence-corrected chi connectivity index (χ0v) is 22.9. The first-order valence-electron chi connectivity index (χ1n) is 13.2. The van der Waals surface area contributed by atoms with E-state index in [1.807, 2.05) is 34.1 Å². The molecule has 0 aromatic heterocycles. The highest BCUT2D eigenvalue weighted by Crippen LogP contribution is 2.39. The molecule has 0 saturated heterocycles. The van der Waals surface area contributed by atoms with Gasteiger partial charge >= 0.3 is 23.9 Å². The second-order valence-electron chi connectivity index (χ2n) is 9.60. The molecule has 44 heavy (non-hydrogen) atoms. The first kappa shape index (κ1) is 29.1. The molecule has 4 N–H and O–H groups in total. The molecule has 0 amide bonds. The molecule has 0 aliphatic rings. The lowest BCUT2D eigenvalue weighted by molar-refractivity contribution is 0.0686. The number of rotatable bonds is 10. The molecule has 218 valence electrons. The highest BCUT2D eigenvalue weighted by molar-refractivity contribution is 5.92. The molecule has 0 saturated carbocycles. The maximum Gasteiger partial charge on any atom is 0.335 e. The Labute approximate surface area is 250 Å². The van der Waals surface area contributed by atoms with Gasteiger partial charge in [-0.05, 0) is 121 Å². The van der Waals surface area contributed by atoms with Gasteiger partial charge in [0.05, 0.1) is 22.3 Å². The summed E-state index contributed by atoms with van der Waals surface area (Å²) in [6.45, 7) is 0. The van der Waals surface area contributed by atoms with Gasteiger partial charge in [-0.2, -0.15) is 0 Å². The van der Waals surface area contributed by atoms with Crippen LogP contribution in [0.3, 0.4) is 0 Å². The maximum atomic E-state index is 11.4. The van der Waals surface area contributed by atoms with E-state index >= 15 is 0 Å². The fourth-order valence-corrected chi connectivity index (χ4v) is 4.66. The van der Waals surface area contributed by atoms with Crippen molar-refractivity contribution in [2.24, 2.45) is 0 Å². The van der Waals surface area contributed by atoms with Crippen molar-refractivity contribution in [1.82, 2.24) is 0 Å². The van der Waals surface area contributed by atoms with Gasteiger partial charge in [0.15, 0.2) is 0 Å². The molecule has 0 bridgehead atoms. The Hall–Kier alpha value is -6.42. The van der Waals surface area contributed by atoms with E-state index in [0.29, 0.717) is 34.1 Å². The third kappa shape index (κ3) is 6.09. The summed E-state index contributed by atoms with van der Waals surface area (Å²) in [4.78, 5) is 49.4. The molecule has 0 spiro atoms. The number of carbonyl (C=O) groups is 4. The molecule has 0 atom stereocenters. The minimum absolute atomic E-state index is 0.115. The topological polar surface area (TPSA) is 156 Å². The molecule has 0 aliphatic heterocycles. The average molecular weight is 589 g/mol. The van der Waals surface area contributed by atoms with Gasteiger partial charge in [0.25, 0.3) is 0 Å². The number of benzene rings is 5. The SMILES string of the molecule is O=C(O)c1ccc(N(c2ccc(C(=O)O)cc2)c2ccc(N(c3ccc(C(=O)O)cc3)c3ccc(C(=O)O)cc3)cc2)cc1. The van der Waals surface area contributed by atoms with Gasteiger partial charge in [-0.25, -0.2) is 19.2 Å². The van der Waals surface area contributed by atoms with Crippen molar-refractivity contribution >= 4 is 58.0 Å². The average Bonchev–Trinajstić information content (AvgIpc) is 3.03. The van der Waals surface area contributed by atoms with Gasteiger partial charge in [-0.3, -0.25) is 0 Å². The largest absolute Gasteiger partial charge is 0.478 e. The molecule has 0 heterocycles. The van der Waals surface area contributed by atoms with Crippen molar-refractivity contribution in [3.8, 4) is 0 Å². The van der Waals surface area contributed by atoms with E-state index in [1.54, 1.807) is 48.5 Å². The molecule has 10 nitrogen and oxygen atoms in total. The summed E-state index contributed by atoms with van der Waals surface area (Å²) in [6, 6.07) is 32.4. The Bertz CT molecular complexity index is 1580. The van der Waals surface area contributed by atoms with Gasteiger partial charge in [0.1, 0.15) is 0 Å². The zero-order valence-electron chi connectivity index (χ0n) is 22.9. The van der Waals surface area contributed by atoms with E-state index in [0.717, 1.165) is 0 Å². The molecule has 5 aromatic carbocycles. The Morgan fingerprint density at radius 1 is 0.295 bits per heavy atom. The van der Waals surface area contributed by atoms with Crippen LogP contribution in [0.25, 0.3) is 0 Å². The number of carboxylic acids is 4. The van der Waals surface area contributed by atoms with Gasteiger partial charge < -0.3 is 30.2 Å². The van der Waals surface area contributed by atoms with Crippen molar-refractivity contribution in [3.05, 3.63) is 144 Å². The molecule has 10 heteroatoms. The van der Waals surface area contributed by atoms with Crippen LogP contribution in [0.4, 0.5) is 34.1 Å². The first-order valence-corrected chi connectivity index (χ1v) is 13.2. The minimum atomic E-state index is -1.06. The van der Waals surface area contributed by atoms with Crippen LogP contribution in [0.15, 0.2) is 121 Å². The Kier molecular flexibility index (Phi) is 8.07. The number of hydrogen-bond acceptors (Lipinski definition) is 6. The Balaban J connectivity index is 1.58. The molecule has 0 aliphatic carbocycles. The maximum absolute atomic E-state index is 11.4. The third-order valence-corrected chi connectivity index (χ3v) is 6.86. The summed E-state index contributed by atoms with van der Waals surface area (Å²) in [5.74, 6) is -4.26. The van der Waals surface area contributed by atoms with E-state index in [-0.39, 0.29) is 22.3 Å². The van der Waals surface area contributed by atoms with Gasteiger partial charge in [0.2, 0.25) is 0 Å². The van der Waals surface area contributed by atoms with Crippen LogP contribution >= 0.6 is 0 Å². The van der Waals surface area contributed by atoms with Crippen LogP contribution in [0.2, 0.25) is 0 Å². The summed E-state index contributed by atoms with van der Waals surface area (Å²) in [5.41, 5.74) is 4.37. The van der Waals surface area contributed by atoms with Gasteiger partial charge in [0, 0.05) is 34.1 Å². The molecule has 5 aromatic rings. The normalized spacial score (nSPS) is 10.5. The van der Waals surface area contributed by atoms with Crippen LogP contribution < -0.4 is 9.80 Å². The Morgan fingerprint density at radius 3 is 0.568 bits per heavy atom. The highest BCUT2D eigenvalue weighted by atomic mass is 16.4. The number of nitrogens with zero attached hydrogens (tertiary/aromatic N) is 2. The van der Waals surface area contributed by atoms with Crippen molar-refractivity contribution < 1.29 is 39.6 Å². The number of aromatic carboxylic acids is 4. The van der Waals surface area contributed by atoms with Crippen LogP contribution in [0, 0.1) is 0 Å². The first-order chi connectivity index (χ1) is 21.1. The predicted octanol–water partition coefficient (Wildman–Crippen LogP) is 7.42. The van der Waals surface area contributed by atoms with E-state index in [4.69, 9.17) is 0 Å². The summed E-state index contributed by atoms with van der Waals surface area (Å²) in [6.07, 6.45) is 0. The van der Waals surface area contributed by atoms with Crippen molar-refractivity contribution in [2.45, 2.75) is 0 Å². The molecule has 5 rings (SSSR count). The Morgan fingerprint density at radius 2 is 0.432 bits per heavy atom. The lowest BCUT2D eigenvalue weighted by Gasteiger charge is -2.28. The van der Waals surface area contributed by atoms with Crippen LogP contribution in [-0.4, -0.2) is 44.3 Å². The van der Waals surface area contributed by atoms with E-state index in [9.17, 15) is 39.6 Å². The predicted molar refractivity (Wildman–Crippen MR) is 164 cm³/mol. The third-order valence-electron chi connectivity index (χ3n) is 6.86. The lowest BCUT2D eigenvalue weighted by Crippen LogP contribution is -2.13. The summed E-state index contributed by atoms with van der Waals surface area (Å²) in [7, 11) is 0. The fourth-order valence-electron chi connectivity index (χ4n) is 4.66. The smallest absolute Gasteiger partial charge is 0.335 e. The summed E-state index contributed by atoms with van der Waals surface area (Å²) < 4.78 is 0. The van der Waals surface area contributed by atoms with Crippen LogP contribution in [-0.2, 0) is 0 Å². The second-order valence-corrected chi connectivity index (χ2v) is 9.60. The quantitative estimate of drug-likeness (QED) is 0.129. The molecule has 0 fully saturated rings. The molecular weight excluding hydrogens is 564 g/mol. The van der Waals surface area contributed by atoms with Crippen LogP contribution in [0.1, 0.15) is 41.4 Å². The standard InChI is InChI=1S/C34H24N2O8/c37-31(38)21-1-9-25(10-2-21)35(26-11-3-22(4-12-26)32(39)40)29-17-19-30(20-18-29)36(27-13-5-23(6-14-27)33(41)42)28-15-7-24(8-16-28)34(43)44/h1-20H,(H,37,38)(H,39,40)(H,41,42)(H,43,44). The fraction of sp³-hybridized carbons (Fsp3) is 0. The van der Waals surface area contributed by atoms with E-state index < -0.39 is 23.9 Å². The highest BCUT2D eigenvalue weighted by Gasteiger charge is 2.18. The van der Waals surface area contributed by atoms with Gasteiger partial charge in [-0.1, -0.05) is 0 Å². The second kappa shape index (κ2) is 12.2. The molecule has 0 unspecified atom stereocenters. The van der Waals surface area contributed by atoms with E-state index in [2.05, 4.69) is 0 Å². The number of anilines is 6. The molecular formula is C34H24N2O8. The van der Waals surface area contributed by atoms with Crippen molar-refractivity contribution in [2.75, 3.05) is 9.80 Å². The zero-order chi connectivity index (χ0) is 31.4. The number of hydrogen-bond donors (Lipinski definition) is 4. The van der Waals surface area contributed by atoms with Gasteiger partial charge in [-0.15, -0.1) is 0 Å². The van der Waals surface area contributed by atoms with E-state index in [1.165, 1.54) is 48.5 Å². The molecule has 0 radical (unpaired) electrons. The van der Waals surface area contributed by atoms with Crippen LogP contribution in [0.5, 0.6) is 0 Å². The van der Waals surface area contributed by atoms with Crippen molar-refractivity contribution in [1.29, 1.82) is 0 Å². The summed E-state index contributed by atoms with van der Waals surface area (Å²) >= 11 is 0. The summed E-state index contributed by atoms with van der Waals surface area (Å²) in [5, 5.41) is 37.4. The van der Waals surface area contributed by atoms with Crippen molar-refractivity contribution in [3.63, 3.8) is 0 Å².